The van der Waals surface area contributed by atoms with E-state index < -0.39 is 24.4 Å². The highest BCUT2D eigenvalue weighted by Crippen LogP contribution is 2.22. The van der Waals surface area contributed by atoms with E-state index in [-0.39, 0.29) is 17.2 Å². The zero-order chi connectivity index (χ0) is 18.3. The average molecular weight is 348 g/mol. The van der Waals surface area contributed by atoms with Gasteiger partial charge in [0.05, 0.1) is 17.0 Å². The molecule has 0 amide bonds. The zero-order valence-corrected chi connectivity index (χ0v) is 13.8. The van der Waals surface area contributed by atoms with Gasteiger partial charge in [-0.2, -0.15) is 0 Å². The van der Waals surface area contributed by atoms with Crippen LogP contribution in [0, 0.1) is 0 Å². The van der Waals surface area contributed by atoms with Crippen molar-refractivity contribution in [1.29, 1.82) is 0 Å². The van der Waals surface area contributed by atoms with E-state index >= 15 is 0 Å². The first-order chi connectivity index (χ1) is 11.9. The summed E-state index contributed by atoms with van der Waals surface area (Å²) in [4.78, 5) is 12.6. The molecule has 0 aliphatic rings. The van der Waals surface area contributed by atoms with E-state index in [2.05, 4.69) is 10.2 Å². The molecule has 2 heterocycles. The van der Waals surface area contributed by atoms with Gasteiger partial charge < -0.3 is 20.4 Å². The molecule has 2 aromatic heterocycles. The lowest BCUT2D eigenvalue weighted by Crippen LogP contribution is -2.40. The maximum atomic E-state index is 12.6. The lowest BCUT2D eigenvalue weighted by molar-refractivity contribution is -0.103. The molecule has 0 saturated heterocycles. The van der Waals surface area contributed by atoms with Gasteiger partial charge in [-0.25, -0.2) is 0 Å². The van der Waals surface area contributed by atoms with E-state index in [0.717, 1.165) is 0 Å². The molecule has 3 rings (SSSR count). The molecule has 0 bridgehead atoms. The van der Waals surface area contributed by atoms with Gasteiger partial charge >= 0.3 is 0 Å². The van der Waals surface area contributed by atoms with Gasteiger partial charge in [0.1, 0.15) is 18.3 Å². The molecule has 1 aromatic carbocycles. The third-order valence-corrected chi connectivity index (χ3v) is 4.28. The van der Waals surface area contributed by atoms with Crippen LogP contribution in [0.5, 0.6) is 0 Å². The second-order valence-electron chi connectivity index (χ2n) is 5.93. The number of hydrogen-bond donors (Lipinski definition) is 4. The van der Waals surface area contributed by atoms with E-state index in [1.165, 1.54) is 15.9 Å². The average Bonchev–Trinajstić information content (AvgIpc) is 3.05. The van der Waals surface area contributed by atoms with Crippen molar-refractivity contribution in [1.82, 2.24) is 19.2 Å². The third kappa shape index (κ3) is 2.71. The molecule has 4 atom stereocenters. The van der Waals surface area contributed by atoms with Crippen LogP contribution in [0.4, 0.5) is 0 Å². The number of aromatic nitrogens is 4. The Morgan fingerprint density at radius 2 is 1.76 bits per heavy atom. The fourth-order valence-electron chi connectivity index (χ4n) is 2.88. The van der Waals surface area contributed by atoms with Gasteiger partial charge in [-0.1, -0.05) is 12.1 Å². The van der Waals surface area contributed by atoms with Crippen LogP contribution in [0.25, 0.3) is 16.7 Å². The number of rotatable bonds is 5. The van der Waals surface area contributed by atoms with Crippen LogP contribution in [-0.4, -0.2) is 57.9 Å². The van der Waals surface area contributed by atoms with Crippen molar-refractivity contribution in [2.24, 2.45) is 0 Å². The zero-order valence-electron chi connectivity index (χ0n) is 13.8. The molecule has 0 aliphatic heterocycles. The molecular formula is C16H20N4O5. The maximum absolute atomic E-state index is 12.6. The Kier molecular flexibility index (Phi) is 4.56. The summed E-state index contributed by atoms with van der Waals surface area (Å²) < 4.78 is 2.88. The highest BCUT2D eigenvalue weighted by molar-refractivity contribution is 5.80. The molecular weight excluding hydrogens is 328 g/mol. The van der Waals surface area contributed by atoms with Crippen LogP contribution in [0.1, 0.15) is 25.8 Å². The van der Waals surface area contributed by atoms with Crippen LogP contribution in [0.2, 0.25) is 0 Å². The van der Waals surface area contributed by atoms with Gasteiger partial charge in [0.2, 0.25) is 5.78 Å². The Morgan fingerprint density at radius 3 is 2.40 bits per heavy atom. The fourth-order valence-corrected chi connectivity index (χ4v) is 2.88. The van der Waals surface area contributed by atoms with E-state index in [1.54, 1.807) is 31.2 Å². The Morgan fingerprint density at radius 1 is 1.08 bits per heavy atom. The number of hydrogen-bond acceptors (Lipinski definition) is 7. The fraction of sp³-hybridized carbons (Fsp3) is 0.438. The van der Waals surface area contributed by atoms with Crippen LogP contribution >= 0.6 is 0 Å². The Labute approximate surface area is 142 Å². The first kappa shape index (κ1) is 17.5. The summed E-state index contributed by atoms with van der Waals surface area (Å²) in [5, 5.41) is 48.1. The predicted octanol–water partition coefficient (Wildman–Crippen LogP) is -0.800. The van der Waals surface area contributed by atoms with Gasteiger partial charge in [0.15, 0.2) is 5.82 Å². The third-order valence-electron chi connectivity index (χ3n) is 4.28. The smallest absolute Gasteiger partial charge is 0.262 e. The van der Waals surface area contributed by atoms with Crippen LogP contribution in [0.15, 0.2) is 29.1 Å². The number of para-hydroxylation sites is 1. The van der Waals surface area contributed by atoms with Crippen LogP contribution in [0.3, 0.4) is 0 Å². The molecule has 9 heteroatoms. The van der Waals surface area contributed by atoms with E-state index in [4.69, 9.17) is 0 Å². The molecule has 9 nitrogen and oxygen atoms in total. The molecule has 0 radical (unpaired) electrons. The summed E-state index contributed by atoms with van der Waals surface area (Å²) in [7, 11) is 0. The standard InChI is InChI=1S/C16H20N4O5/c1-3-19-15(25)9-6-4-5-7-10(9)20-14(17-18-16(19)20)13(24)12(23)11(22)8(2)21/h4-8,11-13,21-24H,3H2,1-2H3/t8?,11-,12+,13-/m1/s1. The summed E-state index contributed by atoms with van der Waals surface area (Å²) in [6, 6.07) is 6.79. The van der Waals surface area contributed by atoms with Crippen molar-refractivity contribution in [3.63, 3.8) is 0 Å². The van der Waals surface area contributed by atoms with Crippen molar-refractivity contribution in [2.45, 2.75) is 44.8 Å². The molecule has 134 valence electrons. The van der Waals surface area contributed by atoms with E-state index in [1.807, 2.05) is 0 Å². The Bertz CT molecular complexity index is 964. The Balaban J connectivity index is 2.28. The SMILES string of the molecule is CCn1c(=O)c2ccccc2n2c([C@H](O)[C@@H](O)[C@H](O)C(C)O)nnc12. The highest BCUT2D eigenvalue weighted by atomic mass is 16.4. The quantitative estimate of drug-likeness (QED) is 0.474. The molecule has 25 heavy (non-hydrogen) atoms. The predicted molar refractivity (Wildman–Crippen MR) is 89.1 cm³/mol. The lowest BCUT2D eigenvalue weighted by Gasteiger charge is -2.24. The van der Waals surface area contributed by atoms with Gasteiger partial charge in [-0.3, -0.25) is 13.8 Å². The van der Waals surface area contributed by atoms with Gasteiger partial charge in [-0.05, 0) is 26.0 Å². The first-order valence-corrected chi connectivity index (χ1v) is 7.97. The minimum atomic E-state index is -1.67. The summed E-state index contributed by atoms with van der Waals surface area (Å²) in [6.45, 7) is 3.43. The van der Waals surface area contributed by atoms with Gasteiger partial charge in [-0.15, -0.1) is 10.2 Å². The van der Waals surface area contributed by atoms with E-state index in [0.29, 0.717) is 17.4 Å². The summed E-state index contributed by atoms with van der Waals surface area (Å²) in [5.74, 6) is 0.194. The maximum Gasteiger partial charge on any atom is 0.262 e. The molecule has 3 aromatic rings. The normalized spacial score (nSPS) is 16.9. The second-order valence-corrected chi connectivity index (χ2v) is 5.93. The molecule has 4 N–H and O–H groups in total. The molecule has 0 saturated carbocycles. The first-order valence-electron chi connectivity index (χ1n) is 7.97. The van der Waals surface area contributed by atoms with Gasteiger partial charge in [0.25, 0.3) is 5.56 Å². The Hall–Kier alpha value is -2.33. The number of aryl methyl sites for hydroxylation is 1. The molecule has 0 spiro atoms. The van der Waals surface area contributed by atoms with Crippen molar-refractivity contribution >= 4 is 16.7 Å². The second kappa shape index (κ2) is 6.52. The van der Waals surface area contributed by atoms with Gasteiger partial charge in [0, 0.05) is 6.54 Å². The van der Waals surface area contributed by atoms with Crippen molar-refractivity contribution in [3.05, 3.63) is 40.4 Å². The lowest BCUT2D eigenvalue weighted by atomic mass is 10.0. The van der Waals surface area contributed by atoms with Crippen molar-refractivity contribution in [2.75, 3.05) is 0 Å². The number of aliphatic hydroxyl groups excluding tert-OH is 4. The van der Waals surface area contributed by atoms with Crippen molar-refractivity contribution in [3.8, 4) is 0 Å². The number of benzene rings is 1. The largest absolute Gasteiger partial charge is 0.391 e. The topological polar surface area (TPSA) is 133 Å². The molecule has 0 fully saturated rings. The minimum absolute atomic E-state index is 0.0272. The summed E-state index contributed by atoms with van der Waals surface area (Å²) >= 11 is 0. The highest BCUT2D eigenvalue weighted by Gasteiger charge is 2.33. The summed E-state index contributed by atoms with van der Waals surface area (Å²) in [6.07, 6.45) is -6.08. The number of nitrogens with zero attached hydrogens (tertiary/aromatic N) is 4. The molecule has 0 aliphatic carbocycles. The van der Waals surface area contributed by atoms with Crippen LogP contribution in [-0.2, 0) is 6.54 Å². The van der Waals surface area contributed by atoms with Crippen LogP contribution < -0.4 is 5.56 Å². The minimum Gasteiger partial charge on any atom is -0.391 e. The molecule has 1 unspecified atom stereocenters. The summed E-state index contributed by atoms with van der Waals surface area (Å²) in [5.41, 5.74) is 0.244. The van der Waals surface area contributed by atoms with Crippen molar-refractivity contribution < 1.29 is 20.4 Å². The number of aliphatic hydroxyl groups is 4. The monoisotopic (exact) mass is 348 g/mol. The number of fused-ring (bicyclic) bond motifs is 3. The van der Waals surface area contributed by atoms with E-state index in [9.17, 15) is 25.2 Å².